The van der Waals surface area contributed by atoms with Gasteiger partial charge in [0.05, 0.1) is 18.2 Å². The fourth-order valence-electron chi connectivity index (χ4n) is 2.19. The summed E-state index contributed by atoms with van der Waals surface area (Å²) in [4.78, 5) is 11.8. The molecule has 0 aliphatic carbocycles. The number of halogens is 1. The topological polar surface area (TPSA) is 30.7 Å². The zero-order chi connectivity index (χ0) is 12.7. The summed E-state index contributed by atoms with van der Waals surface area (Å²) < 4.78 is 6.58. The number of aromatic nitrogens is 1. The van der Waals surface area contributed by atoms with E-state index in [0.717, 1.165) is 16.3 Å². The number of carbonyl (C=O) groups is 1. The van der Waals surface area contributed by atoms with Crippen molar-refractivity contribution in [3.63, 3.8) is 0 Å². The van der Waals surface area contributed by atoms with Crippen molar-refractivity contribution in [1.82, 2.24) is 4.40 Å². The number of carbonyl (C=O) groups excluding carboxylic acids is 1. The maximum Gasteiger partial charge on any atom is 0.340 e. The van der Waals surface area contributed by atoms with E-state index in [0.29, 0.717) is 10.7 Å². The SMILES string of the molecule is COC(=O)c1cc(Cl)n2ccc3ccccc3c12. The summed E-state index contributed by atoms with van der Waals surface area (Å²) >= 11 is 6.13. The highest BCUT2D eigenvalue weighted by molar-refractivity contribution is 6.31. The van der Waals surface area contributed by atoms with E-state index in [1.54, 1.807) is 10.5 Å². The largest absolute Gasteiger partial charge is 0.465 e. The summed E-state index contributed by atoms with van der Waals surface area (Å²) in [5, 5.41) is 2.54. The Morgan fingerprint density at radius 1 is 1.28 bits per heavy atom. The number of nitrogens with zero attached hydrogens (tertiary/aromatic N) is 1. The summed E-state index contributed by atoms with van der Waals surface area (Å²) in [6.45, 7) is 0. The molecule has 3 aromatic rings. The van der Waals surface area contributed by atoms with Crippen LogP contribution in [0.2, 0.25) is 5.15 Å². The Balaban J connectivity index is 2.51. The van der Waals surface area contributed by atoms with E-state index in [9.17, 15) is 4.79 Å². The summed E-state index contributed by atoms with van der Waals surface area (Å²) in [7, 11) is 1.37. The van der Waals surface area contributed by atoms with Crippen LogP contribution in [-0.4, -0.2) is 17.5 Å². The monoisotopic (exact) mass is 259 g/mol. The van der Waals surface area contributed by atoms with Crippen LogP contribution in [0.3, 0.4) is 0 Å². The van der Waals surface area contributed by atoms with Crippen LogP contribution >= 0.6 is 11.6 Å². The molecule has 0 atom stereocenters. The second kappa shape index (κ2) is 4.03. The molecule has 0 saturated carbocycles. The number of hydrogen-bond donors (Lipinski definition) is 0. The Labute approximate surface area is 109 Å². The van der Waals surface area contributed by atoms with Crippen LogP contribution in [-0.2, 0) is 4.74 Å². The van der Waals surface area contributed by atoms with Gasteiger partial charge < -0.3 is 9.14 Å². The second-order valence-electron chi connectivity index (χ2n) is 3.99. The number of rotatable bonds is 1. The van der Waals surface area contributed by atoms with Crippen molar-refractivity contribution >= 4 is 33.9 Å². The third kappa shape index (κ3) is 1.48. The van der Waals surface area contributed by atoms with Crippen molar-refractivity contribution in [2.75, 3.05) is 7.11 Å². The van der Waals surface area contributed by atoms with Gasteiger partial charge in [0.2, 0.25) is 0 Å². The minimum Gasteiger partial charge on any atom is -0.465 e. The molecule has 0 spiro atoms. The van der Waals surface area contributed by atoms with Crippen LogP contribution in [0.15, 0.2) is 42.6 Å². The van der Waals surface area contributed by atoms with Crippen molar-refractivity contribution in [3.8, 4) is 0 Å². The molecule has 0 fully saturated rings. The van der Waals surface area contributed by atoms with Gasteiger partial charge in [-0.1, -0.05) is 35.9 Å². The molecule has 0 amide bonds. The Morgan fingerprint density at radius 2 is 2.06 bits per heavy atom. The lowest BCUT2D eigenvalue weighted by Crippen LogP contribution is -2.00. The van der Waals surface area contributed by atoms with Crippen LogP contribution in [0.4, 0.5) is 0 Å². The predicted molar refractivity (Wildman–Crippen MR) is 71.3 cm³/mol. The molecule has 0 N–H and O–H groups in total. The first-order valence-electron chi connectivity index (χ1n) is 5.49. The molecule has 4 heteroatoms. The van der Waals surface area contributed by atoms with Crippen molar-refractivity contribution in [2.45, 2.75) is 0 Å². The molecule has 3 rings (SSSR count). The van der Waals surface area contributed by atoms with Gasteiger partial charge in [-0.05, 0) is 17.5 Å². The maximum atomic E-state index is 11.8. The fourth-order valence-corrected chi connectivity index (χ4v) is 2.44. The smallest absolute Gasteiger partial charge is 0.340 e. The maximum absolute atomic E-state index is 11.8. The highest BCUT2D eigenvalue weighted by atomic mass is 35.5. The first kappa shape index (κ1) is 11.1. The summed E-state index contributed by atoms with van der Waals surface area (Å²) in [5.74, 6) is -0.379. The minimum atomic E-state index is -0.379. The Hall–Kier alpha value is -2.00. The first-order chi connectivity index (χ1) is 8.72. The van der Waals surface area contributed by atoms with Gasteiger partial charge >= 0.3 is 5.97 Å². The van der Waals surface area contributed by atoms with Crippen LogP contribution in [0.1, 0.15) is 10.4 Å². The van der Waals surface area contributed by atoms with E-state index >= 15 is 0 Å². The van der Waals surface area contributed by atoms with E-state index < -0.39 is 0 Å². The van der Waals surface area contributed by atoms with Crippen molar-refractivity contribution < 1.29 is 9.53 Å². The van der Waals surface area contributed by atoms with Crippen molar-refractivity contribution in [1.29, 1.82) is 0 Å². The third-order valence-corrected chi connectivity index (χ3v) is 3.31. The normalized spacial score (nSPS) is 11.0. The van der Waals surface area contributed by atoms with E-state index in [-0.39, 0.29) is 5.97 Å². The average Bonchev–Trinajstić information content (AvgIpc) is 2.76. The average molecular weight is 260 g/mol. The molecule has 0 unspecified atom stereocenters. The number of fused-ring (bicyclic) bond motifs is 3. The molecule has 0 aliphatic rings. The van der Waals surface area contributed by atoms with Crippen LogP contribution in [0, 0.1) is 0 Å². The fraction of sp³-hybridized carbons (Fsp3) is 0.0714. The van der Waals surface area contributed by atoms with Gasteiger partial charge in [-0.15, -0.1) is 0 Å². The second-order valence-corrected chi connectivity index (χ2v) is 4.38. The molecule has 0 aliphatic heterocycles. The van der Waals surface area contributed by atoms with E-state index in [1.807, 2.05) is 36.5 Å². The lowest BCUT2D eigenvalue weighted by atomic mass is 10.1. The van der Waals surface area contributed by atoms with Crippen molar-refractivity contribution in [3.05, 3.63) is 53.3 Å². The van der Waals surface area contributed by atoms with Gasteiger partial charge in [-0.3, -0.25) is 0 Å². The van der Waals surface area contributed by atoms with Crippen molar-refractivity contribution in [2.24, 2.45) is 0 Å². The number of esters is 1. The van der Waals surface area contributed by atoms with Gasteiger partial charge in [0.15, 0.2) is 0 Å². The quantitative estimate of drug-likeness (QED) is 0.626. The predicted octanol–water partition coefficient (Wildman–Crippen LogP) is 3.53. The molecule has 2 heterocycles. The number of benzene rings is 1. The highest BCUT2D eigenvalue weighted by Gasteiger charge is 2.16. The van der Waals surface area contributed by atoms with Crippen LogP contribution < -0.4 is 0 Å². The first-order valence-corrected chi connectivity index (χ1v) is 5.87. The molecule has 3 nitrogen and oxygen atoms in total. The van der Waals surface area contributed by atoms with Crippen LogP contribution in [0.25, 0.3) is 16.3 Å². The van der Waals surface area contributed by atoms with Gasteiger partial charge in [0.25, 0.3) is 0 Å². The molecular weight excluding hydrogens is 250 g/mol. The number of hydrogen-bond acceptors (Lipinski definition) is 2. The Morgan fingerprint density at radius 3 is 2.83 bits per heavy atom. The Bertz CT molecular complexity index is 761. The van der Waals surface area contributed by atoms with Gasteiger partial charge in [0, 0.05) is 11.6 Å². The molecule has 2 aromatic heterocycles. The standard InChI is InChI=1S/C14H10ClNO2/c1-18-14(17)11-8-12(15)16-7-6-9-4-2-3-5-10(9)13(11)16/h2-8H,1H3. The number of ether oxygens (including phenoxy) is 1. The van der Waals surface area contributed by atoms with Gasteiger partial charge in [-0.25, -0.2) is 4.79 Å². The van der Waals surface area contributed by atoms with Crippen LogP contribution in [0.5, 0.6) is 0 Å². The Kier molecular flexibility index (Phi) is 2.49. The zero-order valence-corrected chi connectivity index (χ0v) is 10.4. The summed E-state index contributed by atoms with van der Waals surface area (Å²) in [6, 6.07) is 11.5. The van der Waals surface area contributed by atoms with Gasteiger partial charge in [0.1, 0.15) is 5.15 Å². The molecule has 18 heavy (non-hydrogen) atoms. The third-order valence-electron chi connectivity index (χ3n) is 3.01. The summed E-state index contributed by atoms with van der Waals surface area (Å²) in [6.07, 6.45) is 1.85. The number of methoxy groups -OCH3 is 1. The lowest BCUT2D eigenvalue weighted by molar-refractivity contribution is 0.0603. The highest BCUT2D eigenvalue weighted by Crippen LogP contribution is 2.28. The molecule has 90 valence electrons. The summed E-state index contributed by atoms with van der Waals surface area (Å²) in [5.41, 5.74) is 1.27. The van der Waals surface area contributed by atoms with E-state index in [2.05, 4.69) is 0 Å². The van der Waals surface area contributed by atoms with E-state index in [1.165, 1.54) is 7.11 Å². The zero-order valence-electron chi connectivity index (χ0n) is 9.68. The number of pyridine rings is 1. The van der Waals surface area contributed by atoms with Gasteiger partial charge in [-0.2, -0.15) is 0 Å². The molecule has 0 radical (unpaired) electrons. The molecule has 0 saturated heterocycles. The molecule has 0 bridgehead atoms. The molecule has 1 aromatic carbocycles. The lowest BCUT2D eigenvalue weighted by Gasteiger charge is -2.04. The minimum absolute atomic E-state index is 0.379. The van der Waals surface area contributed by atoms with E-state index in [4.69, 9.17) is 16.3 Å². The molecular formula is C14H10ClNO2.